The van der Waals surface area contributed by atoms with Crippen molar-refractivity contribution in [2.24, 2.45) is 0 Å². The largest absolute Gasteiger partial charge is 0.357 e. The molecule has 0 saturated heterocycles. The summed E-state index contributed by atoms with van der Waals surface area (Å²) < 4.78 is 6.15. The third kappa shape index (κ3) is 8.38. The predicted octanol–water partition coefficient (Wildman–Crippen LogP) is 1.79. The van der Waals surface area contributed by atoms with E-state index in [0.29, 0.717) is 0 Å². The lowest BCUT2D eigenvalue weighted by molar-refractivity contribution is 0.479. The topological polar surface area (TPSA) is 9.23 Å². The molecule has 0 atom stereocenters. The van der Waals surface area contributed by atoms with Crippen LogP contribution < -0.4 is 0 Å². The summed E-state index contributed by atoms with van der Waals surface area (Å²) in [6, 6.07) is 0. The van der Waals surface area contributed by atoms with Crippen LogP contribution in [0.1, 0.15) is 0 Å². The molecule has 0 amide bonds. The Morgan fingerprint density at radius 2 is 1.44 bits per heavy atom. The Balaban J connectivity index is 3.28. The maximum absolute atomic E-state index is 4.58. The summed E-state index contributed by atoms with van der Waals surface area (Å²) in [4.78, 5) is 0. The summed E-state index contributed by atoms with van der Waals surface area (Å²) in [6.45, 7) is 0. The summed E-state index contributed by atoms with van der Waals surface area (Å²) in [5, 5.41) is 0. The lowest BCUT2D eigenvalue weighted by atomic mass is 10.8. The molecule has 0 fully saturated rings. The Morgan fingerprint density at radius 3 is 1.78 bits per heavy atom. The summed E-state index contributed by atoms with van der Waals surface area (Å²) in [5.74, 6) is 5.43. The molecule has 0 aliphatic carbocycles. The summed E-state index contributed by atoms with van der Waals surface area (Å²) in [5.41, 5.74) is 0. The van der Waals surface area contributed by atoms with E-state index in [-0.39, 0.29) is 0 Å². The average Bonchev–Trinajstić information content (AvgIpc) is 1.89. The molecule has 0 spiro atoms. The Morgan fingerprint density at radius 1 is 1.00 bits per heavy atom. The Bertz CT molecular complexity index is 147. The minimum Gasteiger partial charge on any atom is -0.357 e. The van der Waals surface area contributed by atoms with Crippen LogP contribution in [-0.4, -0.2) is 8.86 Å². The second-order valence-corrected chi connectivity index (χ2v) is 2.45. The Hall–Kier alpha value is 0.380. The molecule has 3 heteroatoms. The van der Waals surface area contributed by atoms with Crippen molar-refractivity contribution in [3.05, 3.63) is 0 Å². The van der Waals surface area contributed by atoms with Crippen LogP contribution in [0.2, 0.25) is 0 Å². The van der Waals surface area contributed by atoms with Crippen molar-refractivity contribution in [2.45, 2.75) is 0 Å². The highest BCUT2D eigenvalue weighted by atomic mass is 127. The highest BCUT2D eigenvalue weighted by molar-refractivity contribution is 14.1. The second-order valence-electron chi connectivity index (χ2n) is 0.927. The minimum absolute atomic E-state index is 0.781. The number of alkyl halides is 2. The lowest BCUT2D eigenvalue weighted by Gasteiger charge is -1.73. The molecule has 0 aromatic rings. The molecule has 0 saturated carbocycles. The number of hydrogen-bond acceptors (Lipinski definition) is 1. The number of ether oxygens (including phenoxy) is 1. The fourth-order valence-corrected chi connectivity index (χ4v) is 0.464. The molecule has 0 heterocycles. The van der Waals surface area contributed by atoms with Crippen LogP contribution in [-0.2, 0) is 4.74 Å². The second kappa shape index (κ2) is 8.38. The number of hydrogen-bond donors (Lipinski definition) is 0. The molecule has 0 radical (unpaired) electrons. The van der Waals surface area contributed by atoms with Gasteiger partial charge in [0.2, 0.25) is 0 Å². The average molecular weight is 346 g/mol. The van der Waals surface area contributed by atoms with Crippen molar-refractivity contribution >= 4 is 45.2 Å². The number of rotatable bonds is 0. The van der Waals surface area contributed by atoms with Crippen LogP contribution >= 0.6 is 45.2 Å². The van der Waals surface area contributed by atoms with E-state index in [1.807, 2.05) is 0 Å². The number of halogens is 2. The van der Waals surface area contributed by atoms with Crippen molar-refractivity contribution in [2.75, 3.05) is 8.86 Å². The van der Waals surface area contributed by atoms with E-state index >= 15 is 0 Å². The first kappa shape index (κ1) is 9.38. The highest BCUT2D eigenvalue weighted by Crippen LogP contribution is 1.76. The third-order valence-electron chi connectivity index (χ3n) is 0.380. The summed E-state index contributed by atoms with van der Waals surface area (Å²) in [6.07, 6.45) is 4.87. The first-order valence-corrected chi connectivity index (χ1v) is 5.20. The van der Waals surface area contributed by atoms with E-state index in [9.17, 15) is 0 Å². The molecule has 48 valence electrons. The Kier molecular flexibility index (Phi) is 8.73. The van der Waals surface area contributed by atoms with Gasteiger partial charge in [0.25, 0.3) is 0 Å². The van der Waals surface area contributed by atoms with Gasteiger partial charge in [-0.25, -0.2) is 0 Å². The van der Waals surface area contributed by atoms with Crippen LogP contribution in [0.5, 0.6) is 0 Å². The molecule has 0 unspecified atom stereocenters. The van der Waals surface area contributed by atoms with E-state index in [1.54, 1.807) is 0 Å². The normalized spacial score (nSPS) is 6.00. The molecule has 9 heavy (non-hydrogen) atoms. The molecule has 0 aromatic heterocycles. The molecule has 0 N–H and O–H groups in total. The van der Waals surface area contributed by atoms with Gasteiger partial charge in [-0.1, -0.05) is 45.2 Å². The standard InChI is InChI=1S/C6H4I2O/c7-3-1-5-9-6-2-4-8/h3-4H2. The molecular formula is C6H4I2O. The van der Waals surface area contributed by atoms with Gasteiger partial charge in [0, 0.05) is 0 Å². The van der Waals surface area contributed by atoms with Gasteiger partial charge in [-0.2, -0.15) is 0 Å². The van der Waals surface area contributed by atoms with Crippen LogP contribution in [0.3, 0.4) is 0 Å². The van der Waals surface area contributed by atoms with Crippen LogP contribution in [0, 0.1) is 24.1 Å². The van der Waals surface area contributed by atoms with Gasteiger partial charge in [-0.05, 0) is 11.8 Å². The zero-order valence-electron chi connectivity index (χ0n) is 4.58. The van der Waals surface area contributed by atoms with Crippen LogP contribution in [0.4, 0.5) is 0 Å². The van der Waals surface area contributed by atoms with Gasteiger partial charge in [0.1, 0.15) is 12.2 Å². The van der Waals surface area contributed by atoms with Crippen LogP contribution in [0.25, 0.3) is 0 Å². The first-order chi connectivity index (χ1) is 4.41. The quantitative estimate of drug-likeness (QED) is 0.369. The van der Waals surface area contributed by atoms with E-state index in [4.69, 9.17) is 0 Å². The summed E-state index contributed by atoms with van der Waals surface area (Å²) in [7, 11) is 0. The molecule has 1 nitrogen and oxygen atoms in total. The van der Waals surface area contributed by atoms with Gasteiger partial charge in [-0.15, -0.1) is 0 Å². The van der Waals surface area contributed by atoms with Gasteiger partial charge in [-0.3, -0.25) is 0 Å². The first-order valence-electron chi connectivity index (χ1n) is 2.15. The third-order valence-corrected chi connectivity index (χ3v) is 1.14. The SMILES string of the molecule is ICC#COC#CCI. The van der Waals surface area contributed by atoms with Crippen LogP contribution in [0.15, 0.2) is 0 Å². The predicted molar refractivity (Wildman–Crippen MR) is 54.4 cm³/mol. The maximum Gasteiger partial charge on any atom is 0.130 e. The van der Waals surface area contributed by atoms with Gasteiger partial charge in [0.05, 0.1) is 8.86 Å². The van der Waals surface area contributed by atoms with Crippen molar-refractivity contribution in [1.29, 1.82) is 0 Å². The minimum atomic E-state index is 0.781. The van der Waals surface area contributed by atoms with Crippen molar-refractivity contribution in [3.8, 4) is 24.1 Å². The van der Waals surface area contributed by atoms with E-state index in [1.165, 1.54) is 0 Å². The van der Waals surface area contributed by atoms with Crippen molar-refractivity contribution in [3.63, 3.8) is 0 Å². The lowest BCUT2D eigenvalue weighted by Crippen LogP contribution is -1.68. The van der Waals surface area contributed by atoms with Crippen molar-refractivity contribution < 1.29 is 4.74 Å². The maximum atomic E-state index is 4.58. The molecule has 0 aromatic carbocycles. The molecule has 0 aliphatic rings. The van der Waals surface area contributed by atoms with Gasteiger partial charge in [0.15, 0.2) is 0 Å². The zero-order valence-corrected chi connectivity index (χ0v) is 8.89. The van der Waals surface area contributed by atoms with E-state index in [2.05, 4.69) is 74.0 Å². The highest BCUT2D eigenvalue weighted by Gasteiger charge is 1.64. The fraction of sp³-hybridized carbons (Fsp3) is 0.333. The molecule has 0 aliphatic heterocycles. The molecule has 0 bridgehead atoms. The van der Waals surface area contributed by atoms with E-state index in [0.717, 1.165) is 8.86 Å². The molecular weight excluding hydrogens is 342 g/mol. The van der Waals surface area contributed by atoms with E-state index < -0.39 is 0 Å². The smallest absolute Gasteiger partial charge is 0.130 e. The van der Waals surface area contributed by atoms with Crippen molar-refractivity contribution in [1.82, 2.24) is 0 Å². The Labute approximate surface area is 82.2 Å². The zero-order chi connectivity index (χ0) is 6.95. The monoisotopic (exact) mass is 346 g/mol. The fourth-order valence-electron chi connectivity index (χ4n) is 0.152. The summed E-state index contributed by atoms with van der Waals surface area (Å²) >= 11 is 4.29. The van der Waals surface area contributed by atoms with Gasteiger partial charge < -0.3 is 4.74 Å². The molecule has 0 rings (SSSR count). The van der Waals surface area contributed by atoms with Gasteiger partial charge >= 0.3 is 0 Å².